The number of nitrogens with two attached hydrogens (primary N) is 3. The van der Waals surface area contributed by atoms with Gasteiger partial charge in [0.1, 0.15) is 5.69 Å². The second-order valence-electron chi connectivity index (χ2n) is 8.40. The standard InChI is InChI=1S/C20H28N6O5S.C2HF3O2/c1-11(2)16-9-8-15(25-32(29,30)14-7-5-6-12(3)10-14)19(28)26(16)17(18(21)27)13(4)31-24-20(22)23;3-2(4,5)1(6)7/h5-11,13,17,25H,1-4H3,(H2,21,27)(H4,22,23,24);(H,6,7). The smallest absolute Gasteiger partial charge is 0.475 e. The largest absolute Gasteiger partial charge is 0.490 e. The predicted octanol–water partition coefficient (Wildman–Crippen LogP) is 1.33. The Morgan fingerprint density at radius 1 is 1.10 bits per heavy atom. The Hall–Kier alpha value is -4.28. The minimum Gasteiger partial charge on any atom is -0.475 e. The van der Waals surface area contributed by atoms with Crippen LogP contribution in [0.4, 0.5) is 18.9 Å². The number of pyridine rings is 1. The summed E-state index contributed by atoms with van der Waals surface area (Å²) >= 11 is 0. The number of aliphatic carboxylic acids is 1. The summed E-state index contributed by atoms with van der Waals surface area (Å²) < 4.78 is 60.8. The number of rotatable bonds is 9. The molecule has 0 saturated carbocycles. The molecule has 1 heterocycles. The summed E-state index contributed by atoms with van der Waals surface area (Å²) in [7, 11) is -4.06. The summed E-state index contributed by atoms with van der Waals surface area (Å²) in [6.45, 7) is 6.82. The number of sulfonamides is 1. The third-order valence-electron chi connectivity index (χ3n) is 4.87. The second kappa shape index (κ2) is 13.0. The fraction of sp³-hybridized carbons (Fsp3) is 0.364. The molecule has 39 heavy (non-hydrogen) atoms. The van der Waals surface area contributed by atoms with E-state index in [-0.39, 0.29) is 22.5 Å². The van der Waals surface area contributed by atoms with E-state index >= 15 is 0 Å². The van der Waals surface area contributed by atoms with Crippen molar-refractivity contribution in [1.82, 2.24) is 4.57 Å². The Balaban J connectivity index is 0.000000956. The third-order valence-corrected chi connectivity index (χ3v) is 6.23. The molecule has 1 aromatic heterocycles. The zero-order chi connectivity index (χ0) is 30.3. The fourth-order valence-corrected chi connectivity index (χ4v) is 4.32. The van der Waals surface area contributed by atoms with Gasteiger partial charge in [0.15, 0.2) is 12.1 Å². The van der Waals surface area contributed by atoms with Crippen molar-refractivity contribution in [2.45, 2.75) is 56.8 Å². The quantitative estimate of drug-likeness (QED) is 0.164. The topological polar surface area (TPSA) is 222 Å². The molecule has 8 N–H and O–H groups in total. The van der Waals surface area contributed by atoms with Crippen LogP contribution in [0.2, 0.25) is 0 Å². The highest BCUT2D eigenvalue weighted by Crippen LogP contribution is 2.23. The second-order valence-corrected chi connectivity index (χ2v) is 10.1. The molecule has 1 aromatic carbocycles. The molecule has 0 radical (unpaired) electrons. The van der Waals surface area contributed by atoms with Crippen molar-refractivity contribution in [2.75, 3.05) is 4.72 Å². The van der Waals surface area contributed by atoms with E-state index in [0.29, 0.717) is 5.69 Å². The van der Waals surface area contributed by atoms with E-state index in [1.807, 2.05) is 13.8 Å². The van der Waals surface area contributed by atoms with Crippen LogP contribution >= 0.6 is 0 Å². The molecule has 1 amide bonds. The lowest BCUT2D eigenvalue weighted by molar-refractivity contribution is -0.192. The van der Waals surface area contributed by atoms with Crippen LogP contribution in [-0.2, 0) is 24.4 Å². The molecule has 216 valence electrons. The Morgan fingerprint density at radius 3 is 2.10 bits per heavy atom. The number of hydrogen-bond acceptors (Lipinski definition) is 7. The number of alkyl halides is 3. The first kappa shape index (κ1) is 32.7. The number of carbonyl (C=O) groups is 2. The van der Waals surface area contributed by atoms with Gasteiger partial charge in [0.2, 0.25) is 11.9 Å². The van der Waals surface area contributed by atoms with Gasteiger partial charge in [-0.05, 0) is 54.8 Å². The van der Waals surface area contributed by atoms with Crippen LogP contribution in [0, 0.1) is 6.92 Å². The minimum atomic E-state index is -5.08. The van der Waals surface area contributed by atoms with Crippen LogP contribution in [0.1, 0.15) is 44.0 Å². The van der Waals surface area contributed by atoms with Crippen molar-refractivity contribution in [2.24, 2.45) is 22.4 Å². The first-order valence-corrected chi connectivity index (χ1v) is 12.5. The number of aryl methyl sites for hydroxylation is 1. The van der Waals surface area contributed by atoms with Gasteiger partial charge in [0.25, 0.3) is 15.6 Å². The Bertz CT molecular complexity index is 1390. The third kappa shape index (κ3) is 9.20. The summed E-state index contributed by atoms with van der Waals surface area (Å²) in [6.07, 6.45) is -6.12. The van der Waals surface area contributed by atoms with Gasteiger partial charge in [-0.1, -0.05) is 26.0 Å². The summed E-state index contributed by atoms with van der Waals surface area (Å²) in [5.74, 6) is -4.23. The molecule has 0 fully saturated rings. The maximum absolute atomic E-state index is 13.3. The lowest BCUT2D eigenvalue weighted by atomic mass is 10.1. The highest BCUT2D eigenvalue weighted by atomic mass is 32.2. The van der Waals surface area contributed by atoms with Crippen LogP contribution in [-0.4, -0.2) is 48.2 Å². The number of nitrogens with one attached hydrogen (secondary N) is 1. The van der Waals surface area contributed by atoms with Crippen molar-refractivity contribution in [3.63, 3.8) is 0 Å². The minimum absolute atomic E-state index is 0.00713. The van der Waals surface area contributed by atoms with Crippen molar-refractivity contribution in [1.29, 1.82) is 0 Å². The molecule has 0 aliphatic carbocycles. The number of benzene rings is 1. The number of carboxylic acids is 1. The van der Waals surface area contributed by atoms with Gasteiger partial charge in [0.05, 0.1) is 4.90 Å². The maximum atomic E-state index is 13.3. The van der Waals surface area contributed by atoms with Crippen LogP contribution < -0.4 is 27.5 Å². The van der Waals surface area contributed by atoms with Gasteiger partial charge in [0, 0.05) is 5.69 Å². The fourth-order valence-electron chi connectivity index (χ4n) is 3.16. The molecular formula is C22H29F3N6O7S. The number of halogens is 3. The molecule has 0 aliphatic rings. The van der Waals surface area contributed by atoms with Gasteiger partial charge in [-0.2, -0.15) is 13.2 Å². The number of carboxylic acid groups (broad SMARTS) is 1. The Morgan fingerprint density at radius 2 is 1.67 bits per heavy atom. The number of nitrogens with zero attached hydrogens (tertiary/aromatic N) is 2. The van der Waals surface area contributed by atoms with Crippen molar-refractivity contribution in [3.05, 3.63) is 58.0 Å². The van der Waals surface area contributed by atoms with E-state index in [1.165, 1.54) is 25.1 Å². The van der Waals surface area contributed by atoms with E-state index in [9.17, 15) is 31.2 Å². The van der Waals surface area contributed by atoms with Crippen molar-refractivity contribution >= 4 is 33.5 Å². The average molecular weight is 579 g/mol. The van der Waals surface area contributed by atoms with Gasteiger partial charge < -0.3 is 27.1 Å². The number of primary amides is 1. The molecule has 17 heteroatoms. The van der Waals surface area contributed by atoms with Crippen LogP contribution in [0.15, 0.2) is 51.2 Å². The van der Waals surface area contributed by atoms with E-state index in [4.69, 9.17) is 31.9 Å². The number of hydrogen-bond donors (Lipinski definition) is 5. The number of guanidine groups is 1. The Labute approximate surface area is 221 Å². The molecule has 2 rings (SSSR count). The van der Waals surface area contributed by atoms with Crippen molar-refractivity contribution < 1.29 is 41.1 Å². The average Bonchev–Trinajstić information content (AvgIpc) is 2.79. The predicted molar refractivity (Wildman–Crippen MR) is 135 cm³/mol. The van der Waals surface area contributed by atoms with Gasteiger partial charge in [-0.25, -0.2) is 13.2 Å². The van der Waals surface area contributed by atoms with E-state index in [2.05, 4.69) is 9.88 Å². The first-order valence-electron chi connectivity index (χ1n) is 11.0. The zero-order valence-electron chi connectivity index (χ0n) is 21.3. The van der Waals surface area contributed by atoms with Crippen LogP contribution in [0.25, 0.3) is 0 Å². The summed E-state index contributed by atoms with van der Waals surface area (Å²) in [5.41, 5.74) is 16.3. The molecule has 0 saturated heterocycles. The molecule has 2 unspecified atom stereocenters. The molecule has 2 atom stereocenters. The number of carbonyl (C=O) groups excluding carboxylic acids is 1. The number of oxime groups is 1. The van der Waals surface area contributed by atoms with Gasteiger partial charge in [-0.15, -0.1) is 0 Å². The summed E-state index contributed by atoms with van der Waals surface area (Å²) in [5, 5.41) is 10.5. The zero-order valence-corrected chi connectivity index (χ0v) is 22.1. The van der Waals surface area contributed by atoms with E-state index < -0.39 is 45.8 Å². The first-order chi connectivity index (χ1) is 17.8. The number of amides is 1. The number of aromatic nitrogens is 1. The van der Waals surface area contributed by atoms with Crippen LogP contribution in [0.3, 0.4) is 0 Å². The molecule has 13 nitrogen and oxygen atoms in total. The van der Waals surface area contributed by atoms with Crippen LogP contribution in [0.5, 0.6) is 0 Å². The highest BCUT2D eigenvalue weighted by Gasteiger charge is 2.38. The molecule has 2 aromatic rings. The highest BCUT2D eigenvalue weighted by molar-refractivity contribution is 7.92. The lowest BCUT2D eigenvalue weighted by Gasteiger charge is -2.26. The summed E-state index contributed by atoms with van der Waals surface area (Å²) in [6, 6.07) is 7.81. The lowest BCUT2D eigenvalue weighted by Crippen LogP contribution is -2.43. The van der Waals surface area contributed by atoms with Gasteiger partial charge >= 0.3 is 12.1 Å². The van der Waals surface area contributed by atoms with Gasteiger partial charge in [-0.3, -0.25) is 18.9 Å². The van der Waals surface area contributed by atoms with E-state index in [0.717, 1.165) is 10.1 Å². The number of anilines is 1. The molecular weight excluding hydrogens is 549 g/mol. The van der Waals surface area contributed by atoms with Crippen molar-refractivity contribution in [3.8, 4) is 0 Å². The summed E-state index contributed by atoms with van der Waals surface area (Å²) in [4.78, 5) is 39.7. The Kier molecular flexibility index (Phi) is 10.9. The monoisotopic (exact) mass is 578 g/mol. The molecule has 0 aliphatic heterocycles. The normalized spacial score (nSPS) is 12.9. The SMILES string of the molecule is Cc1cccc(S(=O)(=O)Nc2ccc(C(C)C)n(C(C(N)=O)C(C)ON=C(N)N)c2=O)c1.O=C(O)C(F)(F)F. The maximum Gasteiger partial charge on any atom is 0.490 e. The molecule has 0 bridgehead atoms. The van der Waals surface area contributed by atoms with E-state index in [1.54, 1.807) is 25.1 Å². The molecule has 0 spiro atoms.